The van der Waals surface area contributed by atoms with Crippen LogP contribution in [0.15, 0.2) is 6.20 Å². The number of nitrogens with zero attached hydrogens (tertiary/aromatic N) is 3. The molecule has 1 aromatic heterocycles. The third-order valence-electron chi connectivity index (χ3n) is 2.87. The second-order valence-corrected chi connectivity index (χ2v) is 5.81. The van der Waals surface area contributed by atoms with Crippen molar-refractivity contribution in [1.82, 2.24) is 20.3 Å². The van der Waals surface area contributed by atoms with E-state index in [0.717, 1.165) is 6.42 Å². The van der Waals surface area contributed by atoms with Gasteiger partial charge in [-0.25, -0.2) is 4.68 Å². The summed E-state index contributed by atoms with van der Waals surface area (Å²) in [6, 6.07) is 0. The molecular weight excluding hydrogens is 230 g/mol. The highest BCUT2D eigenvalue weighted by Gasteiger charge is 2.21. The molecule has 0 bridgehead atoms. The fourth-order valence-electron chi connectivity index (χ4n) is 1.32. The van der Waals surface area contributed by atoms with Crippen molar-refractivity contribution in [1.29, 1.82) is 0 Å². The molecule has 6 nitrogen and oxygen atoms in total. The van der Waals surface area contributed by atoms with Gasteiger partial charge in [-0.15, -0.1) is 5.10 Å². The van der Waals surface area contributed by atoms with E-state index in [-0.39, 0.29) is 18.0 Å². The van der Waals surface area contributed by atoms with Crippen LogP contribution in [-0.4, -0.2) is 26.4 Å². The summed E-state index contributed by atoms with van der Waals surface area (Å²) in [5.41, 5.74) is 5.83. The number of rotatable bonds is 5. The third kappa shape index (κ3) is 4.10. The molecule has 0 atom stereocenters. The summed E-state index contributed by atoms with van der Waals surface area (Å²) in [6.45, 7) is 9.86. The fraction of sp³-hybridized carbons (Fsp3) is 0.750. The average Bonchev–Trinajstić information content (AvgIpc) is 2.64. The molecule has 1 amide bonds. The average molecular weight is 253 g/mol. The van der Waals surface area contributed by atoms with Crippen LogP contribution in [0.1, 0.15) is 46.7 Å². The topological polar surface area (TPSA) is 85.8 Å². The fourth-order valence-corrected chi connectivity index (χ4v) is 1.32. The van der Waals surface area contributed by atoms with Gasteiger partial charge in [-0.2, -0.15) is 0 Å². The Kier molecular flexibility index (Phi) is 4.11. The van der Waals surface area contributed by atoms with E-state index in [9.17, 15) is 4.79 Å². The molecule has 1 heterocycles. The second kappa shape index (κ2) is 5.06. The summed E-state index contributed by atoms with van der Waals surface area (Å²) in [6.07, 6.45) is 2.58. The van der Waals surface area contributed by atoms with Gasteiger partial charge in [0.05, 0.1) is 11.7 Å². The summed E-state index contributed by atoms with van der Waals surface area (Å²) in [5.74, 6) is -0.0758. The van der Waals surface area contributed by atoms with Crippen LogP contribution in [0.5, 0.6) is 0 Å². The van der Waals surface area contributed by atoms with Gasteiger partial charge >= 0.3 is 0 Å². The Morgan fingerprint density at radius 1 is 1.44 bits per heavy atom. The first-order valence-electron chi connectivity index (χ1n) is 6.14. The van der Waals surface area contributed by atoms with Crippen LogP contribution in [0.25, 0.3) is 0 Å². The van der Waals surface area contributed by atoms with E-state index in [0.29, 0.717) is 5.69 Å². The Bertz CT molecular complexity index is 416. The van der Waals surface area contributed by atoms with Crippen molar-refractivity contribution in [2.45, 2.75) is 58.7 Å². The van der Waals surface area contributed by atoms with Crippen LogP contribution in [0.2, 0.25) is 0 Å². The lowest BCUT2D eigenvalue weighted by molar-refractivity contribution is -0.123. The monoisotopic (exact) mass is 253 g/mol. The van der Waals surface area contributed by atoms with E-state index in [2.05, 4.69) is 15.6 Å². The smallest absolute Gasteiger partial charge is 0.242 e. The first-order valence-corrected chi connectivity index (χ1v) is 6.14. The highest BCUT2D eigenvalue weighted by Crippen LogP contribution is 2.12. The van der Waals surface area contributed by atoms with E-state index >= 15 is 0 Å². The zero-order valence-electron chi connectivity index (χ0n) is 11.8. The quantitative estimate of drug-likeness (QED) is 0.812. The number of carbonyl (C=O) groups is 1. The van der Waals surface area contributed by atoms with Crippen molar-refractivity contribution in [3.8, 4) is 0 Å². The number of hydrogen-bond acceptors (Lipinski definition) is 4. The largest absolute Gasteiger partial charge is 0.350 e. The lowest BCUT2D eigenvalue weighted by atomic mass is 10.0. The number of amides is 1. The minimum atomic E-state index is -0.544. The molecule has 3 N–H and O–H groups in total. The molecular formula is C12H23N5O. The first-order chi connectivity index (χ1) is 8.14. The van der Waals surface area contributed by atoms with Gasteiger partial charge in [-0.05, 0) is 34.1 Å². The lowest BCUT2D eigenvalue weighted by Gasteiger charge is -2.24. The zero-order chi connectivity index (χ0) is 14.0. The van der Waals surface area contributed by atoms with Crippen LogP contribution >= 0.6 is 0 Å². The van der Waals surface area contributed by atoms with E-state index in [1.807, 2.05) is 34.6 Å². The summed E-state index contributed by atoms with van der Waals surface area (Å²) in [5, 5.41) is 10.8. The second-order valence-electron chi connectivity index (χ2n) is 5.81. The van der Waals surface area contributed by atoms with Gasteiger partial charge in [0.25, 0.3) is 0 Å². The van der Waals surface area contributed by atoms with Gasteiger partial charge in [-0.3, -0.25) is 4.79 Å². The van der Waals surface area contributed by atoms with E-state index in [4.69, 9.17) is 5.73 Å². The predicted octanol–water partition coefficient (Wildman–Crippen LogP) is 0.777. The Labute approximate surface area is 108 Å². The maximum absolute atomic E-state index is 11.8. The Morgan fingerprint density at radius 3 is 2.50 bits per heavy atom. The molecule has 0 aliphatic rings. The minimum Gasteiger partial charge on any atom is -0.350 e. The lowest BCUT2D eigenvalue weighted by Crippen LogP contribution is -2.44. The number of nitrogens with one attached hydrogen (secondary N) is 1. The molecule has 0 fully saturated rings. The maximum Gasteiger partial charge on any atom is 0.242 e. The van der Waals surface area contributed by atoms with Crippen LogP contribution in [-0.2, 0) is 16.9 Å². The molecule has 0 saturated carbocycles. The van der Waals surface area contributed by atoms with E-state index in [1.54, 1.807) is 6.20 Å². The predicted molar refractivity (Wildman–Crippen MR) is 69.7 cm³/mol. The van der Waals surface area contributed by atoms with Gasteiger partial charge < -0.3 is 11.1 Å². The first kappa shape index (κ1) is 14.6. The molecule has 102 valence electrons. The SMILES string of the molecule is CCC(C)(C)NC(=O)Cn1cc(C(C)(C)N)nn1. The Morgan fingerprint density at radius 2 is 2.06 bits per heavy atom. The van der Waals surface area contributed by atoms with E-state index in [1.165, 1.54) is 4.68 Å². The van der Waals surface area contributed by atoms with Gasteiger partial charge in [0.1, 0.15) is 12.2 Å². The highest BCUT2D eigenvalue weighted by atomic mass is 16.2. The van der Waals surface area contributed by atoms with Crippen molar-refractivity contribution < 1.29 is 4.79 Å². The van der Waals surface area contributed by atoms with Crippen molar-refractivity contribution in [2.24, 2.45) is 5.73 Å². The van der Waals surface area contributed by atoms with Crippen molar-refractivity contribution >= 4 is 5.91 Å². The molecule has 18 heavy (non-hydrogen) atoms. The summed E-state index contributed by atoms with van der Waals surface area (Å²) < 4.78 is 1.50. The molecule has 0 aliphatic carbocycles. The van der Waals surface area contributed by atoms with Crippen molar-refractivity contribution in [2.75, 3.05) is 0 Å². The molecule has 0 aliphatic heterocycles. The summed E-state index contributed by atoms with van der Waals surface area (Å²) in [7, 11) is 0. The molecule has 0 spiro atoms. The zero-order valence-corrected chi connectivity index (χ0v) is 11.8. The van der Waals surface area contributed by atoms with Gasteiger partial charge in [0, 0.05) is 5.54 Å². The Balaban J connectivity index is 2.64. The molecule has 1 rings (SSSR count). The third-order valence-corrected chi connectivity index (χ3v) is 2.87. The van der Waals surface area contributed by atoms with Crippen LogP contribution < -0.4 is 11.1 Å². The molecule has 0 aromatic carbocycles. The normalized spacial score (nSPS) is 12.6. The summed E-state index contributed by atoms with van der Waals surface area (Å²) in [4.78, 5) is 11.8. The molecule has 0 unspecified atom stereocenters. The van der Waals surface area contributed by atoms with Gasteiger partial charge in [-0.1, -0.05) is 12.1 Å². The number of aromatic nitrogens is 3. The van der Waals surface area contributed by atoms with Gasteiger partial charge in [0.2, 0.25) is 5.91 Å². The minimum absolute atomic E-state index is 0.0758. The Hall–Kier alpha value is -1.43. The number of carbonyl (C=O) groups excluding carboxylic acids is 1. The maximum atomic E-state index is 11.8. The number of hydrogen-bond donors (Lipinski definition) is 2. The van der Waals surface area contributed by atoms with Crippen LogP contribution in [0, 0.1) is 0 Å². The van der Waals surface area contributed by atoms with Gasteiger partial charge in [0.15, 0.2) is 0 Å². The number of nitrogens with two attached hydrogens (primary N) is 1. The molecule has 0 saturated heterocycles. The summed E-state index contributed by atoms with van der Waals surface area (Å²) >= 11 is 0. The van der Waals surface area contributed by atoms with Crippen molar-refractivity contribution in [3.05, 3.63) is 11.9 Å². The van der Waals surface area contributed by atoms with Crippen molar-refractivity contribution in [3.63, 3.8) is 0 Å². The van der Waals surface area contributed by atoms with E-state index < -0.39 is 5.54 Å². The highest BCUT2D eigenvalue weighted by molar-refractivity contribution is 5.76. The standard InChI is InChI=1S/C12H23N5O/c1-6-11(2,3)14-10(18)8-17-7-9(15-16-17)12(4,5)13/h7H,6,8,13H2,1-5H3,(H,14,18). The molecule has 0 radical (unpaired) electrons. The molecule has 1 aromatic rings. The van der Waals surface area contributed by atoms with Crippen LogP contribution in [0.4, 0.5) is 0 Å². The molecule has 6 heteroatoms. The van der Waals surface area contributed by atoms with Crippen LogP contribution in [0.3, 0.4) is 0 Å².